The van der Waals surface area contributed by atoms with Crippen molar-refractivity contribution in [3.8, 4) is 0 Å². The largest absolute Gasteiger partial charge is 0.355 e. The zero-order chi connectivity index (χ0) is 20.1. The maximum atomic E-state index is 12.7. The van der Waals surface area contributed by atoms with Crippen molar-refractivity contribution in [2.24, 2.45) is 10.4 Å². The normalized spacial score (nSPS) is 19.8. The molecule has 0 spiro atoms. The van der Waals surface area contributed by atoms with E-state index in [0.717, 1.165) is 57.7 Å². The van der Waals surface area contributed by atoms with Gasteiger partial charge in [0.15, 0.2) is 5.96 Å². The van der Waals surface area contributed by atoms with Gasteiger partial charge in [0.05, 0.1) is 5.41 Å². The summed E-state index contributed by atoms with van der Waals surface area (Å²) in [6.07, 6.45) is 5.33. The van der Waals surface area contributed by atoms with Crippen LogP contribution in [0, 0.1) is 5.41 Å². The van der Waals surface area contributed by atoms with Gasteiger partial charge in [0.1, 0.15) is 0 Å². The fourth-order valence-corrected chi connectivity index (χ4v) is 5.38. The average Bonchev–Trinajstić information content (AvgIpc) is 3.36. The summed E-state index contributed by atoms with van der Waals surface area (Å²) in [5.41, 5.74) is 1.20. The molecule has 29 heavy (non-hydrogen) atoms. The Morgan fingerprint density at radius 2 is 2.07 bits per heavy atom. The molecule has 2 N–H and O–H groups in total. The number of rotatable bonds is 6. The van der Waals surface area contributed by atoms with E-state index in [9.17, 15) is 4.79 Å². The molecule has 1 atom stereocenters. The van der Waals surface area contributed by atoms with Gasteiger partial charge >= 0.3 is 0 Å². The van der Waals surface area contributed by atoms with Crippen LogP contribution in [-0.2, 0) is 17.8 Å². The Morgan fingerprint density at radius 3 is 2.72 bits per heavy atom. The van der Waals surface area contributed by atoms with Crippen LogP contribution in [0.2, 0.25) is 0 Å². The first-order chi connectivity index (χ1) is 13.4. The van der Waals surface area contributed by atoms with Gasteiger partial charge in [0.25, 0.3) is 0 Å². The van der Waals surface area contributed by atoms with Crippen LogP contribution in [0.5, 0.6) is 0 Å². The van der Waals surface area contributed by atoms with Crippen molar-refractivity contribution in [3.63, 3.8) is 0 Å². The van der Waals surface area contributed by atoms with Crippen LogP contribution >= 0.6 is 35.3 Å². The third-order valence-corrected chi connectivity index (χ3v) is 7.29. The standard InChI is InChI=1S/C21H35N5OS.HI/c1-16(26-11-7-18-17(14-26)8-12-28-18)13-23-20(22-2)24-15-21(9-5-6-10-21)19(27)25(3)4;/h8,12,16H,5-7,9-11,13-15H2,1-4H3,(H2,22,23,24);1H. The lowest BCUT2D eigenvalue weighted by Crippen LogP contribution is -2.51. The minimum atomic E-state index is -0.283. The van der Waals surface area contributed by atoms with Gasteiger partial charge in [-0.25, -0.2) is 0 Å². The molecule has 3 rings (SSSR count). The SMILES string of the molecule is CN=C(NCC(C)N1CCc2sccc2C1)NCC1(C(=O)N(C)C)CCCC1.I. The number of carbonyl (C=O) groups is 1. The predicted octanol–water partition coefficient (Wildman–Crippen LogP) is 2.93. The lowest BCUT2D eigenvalue weighted by Gasteiger charge is -2.33. The van der Waals surface area contributed by atoms with Crippen molar-refractivity contribution in [1.82, 2.24) is 20.4 Å². The van der Waals surface area contributed by atoms with Crippen LogP contribution in [0.25, 0.3) is 0 Å². The number of hydrogen-bond acceptors (Lipinski definition) is 4. The van der Waals surface area contributed by atoms with E-state index < -0.39 is 0 Å². The number of carbonyl (C=O) groups excluding carboxylic acids is 1. The minimum Gasteiger partial charge on any atom is -0.355 e. The summed E-state index contributed by atoms with van der Waals surface area (Å²) >= 11 is 1.88. The molecule has 1 aromatic rings. The van der Waals surface area contributed by atoms with E-state index >= 15 is 0 Å². The van der Waals surface area contributed by atoms with Crippen molar-refractivity contribution in [2.75, 3.05) is 40.8 Å². The molecule has 6 nitrogen and oxygen atoms in total. The second-order valence-corrected chi connectivity index (χ2v) is 9.43. The van der Waals surface area contributed by atoms with Crippen molar-refractivity contribution >= 4 is 47.2 Å². The zero-order valence-electron chi connectivity index (χ0n) is 18.2. The van der Waals surface area contributed by atoms with Gasteiger partial charge in [-0.1, -0.05) is 12.8 Å². The molecular formula is C21H36IN5OS. The maximum absolute atomic E-state index is 12.7. The Bertz CT molecular complexity index is 699. The number of nitrogens with zero attached hydrogens (tertiary/aromatic N) is 3. The van der Waals surface area contributed by atoms with Crippen LogP contribution < -0.4 is 10.6 Å². The highest BCUT2D eigenvalue weighted by atomic mass is 127. The Kier molecular flexibility index (Phi) is 9.21. The molecule has 0 aromatic carbocycles. The second-order valence-electron chi connectivity index (χ2n) is 8.43. The van der Waals surface area contributed by atoms with E-state index in [1.165, 1.54) is 5.56 Å². The first-order valence-electron chi connectivity index (χ1n) is 10.4. The molecule has 2 heterocycles. The summed E-state index contributed by atoms with van der Waals surface area (Å²) in [6.45, 7) is 5.91. The number of thiophene rings is 1. The fraction of sp³-hybridized carbons (Fsp3) is 0.714. The topological polar surface area (TPSA) is 60.0 Å². The molecule has 1 aromatic heterocycles. The molecular weight excluding hydrogens is 497 g/mol. The number of amides is 1. The fourth-order valence-electron chi connectivity index (χ4n) is 4.49. The third kappa shape index (κ3) is 5.85. The number of fused-ring (bicyclic) bond motifs is 1. The van der Waals surface area contributed by atoms with E-state index in [0.29, 0.717) is 12.6 Å². The molecule has 1 aliphatic heterocycles. The van der Waals surface area contributed by atoms with Gasteiger partial charge < -0.3 is 15.5 Å². The highest BCUT2D eigenvalue weighted by Crippen LogP contribution is 2.38. The Hall–Kier alpha value is -0.870. The monoisotopic (exact) mass is 533 g/mol. The van der Waals surface area contributed by atoms with Gasteiger partial charge in [0.2, 0.25) is 5.91 Å². The van der Waals surface area contributed by atoms with E-state index in [4.69, 9.17) is 0 Å². The smallest absolute Gasteiger partial charge is 0.230 e. The molecule has 2 aliphatic rings. The molecule has 1 unspecified atom stereocenters. The van der Waals surface area contributed by atoms with E-state index in [-0.39, 0.29) is 35.3 Å². The Labute approximate surface area is 196 Å². The molecule has 0 bridgehead atoms. The van der Waals surface area contributed by atoms with Crippen LogP contribution in [0.4, 0.5) is 0 Å². The molecule has 1 fully saturated rings. The van der Waals surface area contributed by atoms with Gasteiger partial charge in [-0.05, 0) is 43.2 Å². The zero-order valence-corrected chi connectivity index (χ0v) is 21.3. The highest BCUT2D eigenvalue weighted by molar-refractivity contribution is 14.0. The van der Waals surface area contributed by atoms with Gasteiger partial charge in [-0.15, -0.1) is 35.3 Å². The Morgan fingerprint density at radius 1 is 1.34 bits per heavy atom. The molecule has 164 valence electrons. The van der Waals surface area contributed by atoms with Crippen molar-refractivity contribution in [1.29, 1.82) is 0 Å². The molecule has 8 heteroatoms. The van der Waals surface area contributed by atoms with Crippen LogP contribution in [0.3, 0.4) is 0 Å². The Balaban J connectivity index is 0.00000300. The number of halogens is 1. The molecule has 1 aliphatic carbocycles. The van der Waals surface area contributed by atoms with E-state index in [2.05, 4.69) is 38.9 Å². The summed E-state index contributed by atoms with van der Waals surface area (Å²) in [4.78, 5) is 22.9. The van der Waals surface area contributed by atoms with Crippen LogP contribution in [-0.4, -0.2) is 68.5 Å². The quantitative estimate of drug-likeness (QED) is 0.336. The van der Waals surface area contributed by atoms with E-state index in [1.54, 1.807) is 16.8 Å². The van der Waals surface area contributed by atoms with E-state index in [1.807, 2.05) is 25.4 Å². The first-order valence-corrected chi connectivity index (χ1v) is 11.3. The second kappa shape index (κ2) is 10.9. The van der Waals surface area contributed by atoms with Crippen LogP contribution in [0.15, 0.2) is 16.4 Å². The van der Waals surface area contributed by atoms with Crippen molar-refractivity contribution in [3.05, 3.63) is 21.9 Å². The lowest BCUT2D eigenvalue weighted by atomic mass is 9.84. The predicted molar refractivity (Wildman–Crippen MR) is 132 cm³/mol. The first kappa shape index (κ1) is 24.4. The summed E-state index contributed by atoms with van der Waals surface area (Å²) in [7, 11) is 5.51. The number of guanidine groups is 1. The van der Waals surface area contributed by atoms with Gasteiger partial charge in [-0.3, -0.25) is 14.7 Å². The lowest BCUT2D eigenvalue weighted by molar-refractivity contribution is -0.138. The molecule has 1 saturated carbocycles. The number of aliphatic imine (C=N–C) groups is 1. The van der Waals surface area contributed by atoms with Crippen molar-refractivity contribution < 1.29 is 4.79 Å². The maximum Gasteiger partial charge on any atom is 0.230 e. The van der Waals surface area contributed by atoms with Crippen LogP contribution in [0.1, 0.15) is 43.0 Å². The summed E-state index contributed by atoms with van der Waals surface area (Å²) in [5.74, 6) is 1.03. The third-order valence-electron chi connectivity index (χ3n) is 6.26. The number of nitrogens with one attached hydrogen (secondary N) is 2. The van der Waals surface area contributed by atoms with Gasteiger partial charge in [0, 0.05) is 58.2 Å². The summed E-state index contributed by atoms with van der Waals surface area (Å²) < 4.78 is 0. The summed E-state index contributed by atoms with van der Waals surface area (Å²) in [6, 6.07) is 2.69. The number of hydrogen-bond donors (Lipinski definition) is 2. The highest BCUT2D eigenvalue weighted by Gasteiger charge is 2.42. The minimum absolute atomic E-state index is 0. The molecule has 1 amide bonds. The molecule has 0 saturated heterocycles. The van der Waals surface area contributed by atoms with Gasteiger partial charge in [-0.2, -0.15) is 0 Å². The summed E-state index contributed by atoms with van der Waals surface area (Å²) in [5, 5.41) is 9.11. The van der Waals surface area contributed by atoms with Crippen molar-refractivity contribution in [2.45, 2.75) is 51.6 Å². The average molecular weight is 534 g/mol. The molecule has 0 radical (unpaired) electrons.